The predicted molar refractivity (Wildman–Crippen MR) is 47.6 cm³/mol. The molecule has 0 unspecified atom stereocenters. The molecule has 1 aliphatic carbocycles. The molecule has 0 spiro atoms. The lowest BCUT2D eigenvalue weighted by molar-refractivity contribution is 0.577. The van der Waals surface area contributed by atoms with Crippen LogP contribution in [0.4, 0.5) is 0 Å². The molecule has 0 saturated heterocycles. The Hall–Kier alpha value is -0.490. The van der Waals surface area contributed by atoms with Crippen molar-refractivity contribution in [1.82, 2.24) is 0 Å². The van der Waals surface area contributed by atoms with Crippen molar-refractivity contribution in [2.75, 3.05) is 0 Å². The van der Waals surface area contributed by atoms with Crippen LogP contribution in [-0.2, 0) is 0 Å². The van der Waals surface area contributed by atoms with Gasteiger partial charge in [-0.3, -0.25) is 0 Å². The van der Waals surface area contributed by atoms with Crippen molar-refractivity contribution in [1.29, 1.82) is 0 Å². The van der Waals surface area contributed by atoms with Crippen molar-refractivity contribution in [2.45, 2.75) is 19.3 Å². The first-order valence-electron chi connectivity index (χ1n) is 3.97. The van der Waals surface area contributed by atoms with Gasteiger partial charge < -0.3 is 0 Å². The van der Waals surface area contributed by atoms with Gasteiger partial charge >= 0.3 is 0 Å². The van der Waals surface area contributed by atoms with Gasteiger partial charge in [-0.05, 0) is 30.5 Å². The smallest absolute Gasteiger partial charge is 0.0406 e. The van der Waals surface area contributed by atoms with Crippen LogP contribution in [0.15, 0.2) is 24.3 Å². The normalized spacial score (nSPS) is 17.9. The van der Waals surface area contributed by atoms with Gasteiger partial charge in [0.1, 0.15) is 0 Å². The van der Waals surface area contributed by atoms with E-state index in [-0.39, 0.29) is 0 Å². The summed E-state index contributed by atoms with van der Waals surface area (Å²) in [5, 5.41) is 0.827. The summed E-state index contributed by atoms with van der Waals surface area (Å²) >= 11 is 5.77. The SMILES string of the molecule is Clc1ccc([C]2CCC2)cc1. The molecule has 0 aromatic heterocycles. The van der Waals surface area contributed by atoms with Crippen molar-refractivity contribution in [3.63, 3.8) is 0 Å². The molecule has 0 nitrogen and oxygen atoms in total. The summed E-state index contributed by atoms with van der Waals surface area (Å²) in [4.78, 5) is 0. The first-order valence-corrected chi connectivity index (χ1v) is 4.35. The molecular formula is C10H10Cl. The zero-order valence-corrected chi connectivity index (χ0v) is 7.06. The van der Waals surface area contributed by atoms with Crippen molar-refractivity contribution < 1.29 is 0 Å². The molecule has 57 valence electrons. The number of rotatable bonds is 1. The summed E-state index contributed by atoms with van der Waals surface area (Å²) in [5.74, 6) is 1.58. The molecule has 0 bridgehead atoms. The minimum atomic E-state index is 0.827. The van der Waals surface area contributed by atoms with Crippen molar-refractivity contribution in [3.8, 4) is 0 Å². The molecule has 0 amide bonds. The van der Waals surface area contributed by atoms with Crippen molar-refractivity contribution in [2.24, 2.45) is 0 Å². The third kappa shape index (κ3) is 1.41. The molecule has 1 aromatic carbocycles. The zero-order valence-electron chi connectivity index (χ0n) is 6.31. The Bertz CT molecular complexity index is 234. The molecule has 0 heterocycles. The summed E-state index contributed by atoms with van der Waals surface area (Å²) in [5.41, 5.74) is 1.38. The molecule has 0 N–H and O–H groups in total. The van der Waals surface area contributed by atoms with E-state index in [0.717, 1.165) is 5.02 Å². The third-order valence-electron chi connectivity index (χ3n) is 2.21. The van der Waals surface area contributed by atoms with Gasteiger partial charge in [0.2, 0.25) is 0 Å². The van der Waals surface area contributed by atoms with Gasteiger partial charge in [-0.15, -0.1) is 0 Å². The van der Waals surface area contributed by atoms with Crippen LogP contribution in [0.3, 0.4) is 0 Å². The minimum Gasteiger partial charge on any atom is -0.0843 e. The monoisotopic (exact) mass is 165 g/mol. The van der Waals surface area contributed by atoms with Gasteiger partial charge in [-0.25, -0.2) is 0 Å². The molecule has 1 fully saturated rings. The van der Waals surface area contributed by atoms with Gasteiger partial charge in [0.05, 0.1) is 0 Å². The van der Waals surface area contributed by atoms with Gasteiger partial charge in [-0.1, -0.05) is 30.2 Å². The Labute approximate surface area is 72.2 Å². The zero-order chi connectivity index (χ0) is 7.68. The fourth-order valence-corrected chi connectivity index (χ4v) is 1.45. The highest BCUT2D eigenvalue weighted by molar-refractivity contribution is 6.30. The topological polar surface area (TPSA) is 0 Å². The van der Waals surface area contributed by atoms with E-state index in [4.69, 9.17) is 11.6 Å². The Morgan fingerprint density at radius 3 is 2.09 bits per heavy atom. The number of hydrogen-bond donors (Lipinski definition) is 0. The largest absolute Gasteiger partial charge is 0.0843 e. The second-order valence-electron chi connectivity index (χ2n) is 2.96. The maximum atomic E-state index is 5.77. The summed E-state index contributed by atoms with van der Waals surface area (Å²) < 4.78 is 0. The van der Waals surface area contributed by atoms with Gasteiger partial charge in [0.25, 0.3) is 0 Å². The molecule has 1 aliphatic rings. The van der Waals surface area contributed by atoms with E-state index < -0.39 is 0 Å². The molecular weight excluding hydrogens is 156 g/mol. The molecule has 0 atom stereocenters. The molecule has 1 aromatic rings. The molecule has 1 radical (unpaired) electrons. The maximum Gasteiger partial charge on any atom is 0.0406 e. The van der Waals surface area contributed by atoms with Gasteiger partial charge in [-0.2, -0.15) is 0 Å². The highest BCUT2D eigenvalue weighted by Gasteiger charge is 2.19. The van der Waals surface area contributed by atoms with Crippen molar-refractivity contribution in [3.05, 3.63) is 40.8 Å². The first kappa shape index (κ1) is 7.17. The maximum absolute atomic E-state index is 5.77. The molecule has 1 saturated carbocycles. The molecule has 0 aliphatic heterocycles. The summed E-state index contributed by atoms with van der Waals surface area (Å²) in [6, 6.07) is 8.14. The molecule has 11 heavy (non-hydrogen) atoms. The highest BCUT2D eigenvalue weighted by Crippen LogP contribution is 2.35. The average molecular weight is 166 g/mol. The van der Waals surface area contributed by atoms with Gasteiger partial charge in [0.15, 0.2) is 0 Å². The Balaban J connectivity index is 2.18. The lowest BCUT2D eigenvalue weighted by Gasteiger charge is -2.24. The second kappa shape index (κ2) is 2.86. The van der Waals surface area contributed by atoms with Gasteiger partial charge in [0, 0.05) is 10.9 Å². The van der Waals surface area contributed by atoms with Crippen LogP contribution in [0.5, 0.6) is 0 Å². The summed E-state index contributed by atoms with van der Waals surface area (Å²) in [7, 11) is 0. The predicted octanol–water partition coefficient (Wildman–Crippen LogP) is 3.45. The molecule has 1 heteroatoms. The quantitative estimate of drug-likeness (QED) is 0.598. The van der Waals surface area contributed by atoms with E-state index in [2.05, 4.69) is 12.1 Å². The number of halogens is 1. The van der Waals surface area contributed by atoms with E-state index in [0.29, 0.717) is 0 Å². The Kier molecular flexibility index (Phi) is 1.87. The third-order valence-corrected chi connectivity index (χ3v) is 2.46. The average Bonchev–Trinajstić information content (AvgIpc) is 1.90. The summed E-state index contributed by atoms with van der Waals surface area (Å²) in [6.45, 7) is 0. The fourth-order valence-electron chi connectivity index (χ4n) is 1.33. The van der Waals surface area contributed by atoms with E-state index in [9.17, 15) is 0 Å². The Morgan fingerprint density at radius 1 is 1.00 bits per heavy atom. The van der Waals surface area contributed by atoms with Crippen LogP contribution in [0, 0.1) is 5.92 Å². The second-order valence-corrected chi connectivity index (χ2v) is 3.40. The van der Waals surface area contributed by atoms with Crippen LogP contribution in [0.25, 0.3) is 0 Å². The number of hydrogen-bond acceptors (Lipinski definition) is 0. The van der Waals surface area contributed by atoms with E-state index in [1.54, 1.807) is 5.92 Å². The van der Waals surface area contributed by atoms with E-state index in [1.165, 1.54) is 24.8 Å². The van der Waals surface area contributed by atoms with Crippen molar-refractivity contribution >= 4 is 11.6 Å². The highest BCUT2D eigenvalue weighted by atomic mass is 35.5. The standard InChI is InChI=1S/C10H10Cl/c11-10-6-4-9(5-7-10)8-2-1-3-8/h4-7H,1-3H2. The lowest BCUT2D eigenvalue weighted by atomic mass is 9.80. The summed E-state index contributed by atoms with van der Waals surface area (Å²) in [6.07, 6.45) is 3.92. The van der Waals surface area contributed by atoms with Crippen LogP contribution >= 0.6 is 11.6 Å². The fraction of sp³-hybridized carbons (Fsp3) is 0.300. The van der Waals surface area contributed by atoms with Crippen LogP contribution < -0.4 is 0 Å². The molecule has 2 rings (SSSR count). The van der Waals surface area contributed by atoms with Crippen LogP contribution in [0.1, 0.15) is 24.8 Å². The minimum absolute atomic E-state index is 0.827. The lowest BCUT2D eigenvalue weighted by Crippen LogP contribution is -2.09. The van der Waals surface area contributed by atoms with Crippen LogP contribution in [0.2, 0.25) is 5.02 Å². The Morgan fingerprint density at radius 2 is 1.64 bits per heavy atom. The number of benzene rings is 1. The first-order chi connectivity index (χ1) is 5.36. The van der Waals surface area contributed by atoms with E-state index in [1.807, 2.05) is 12.1 Å². The van der Waals surface area contributed by atoms with Crippen LogP contribution in [-0.4, -0.2) is 0 Å². The van der Waals surface area contributed by atoms with E-state index >= 15 is 0 Å².